The smallest absolute Gasteiger partial charge is 0.126 e. The van der Waals surface area contributed by atoms with Crippen molar-refractivity contribution in [1.82, 2.24) is 4.98 Å². The molecule has 1 heterocycles. The van der Waals surface area contributed by atoms with Crippen molar-refractivity contribution in [2.24, 2.45) is 5.73 Å². The molecule has 0 saturated carbocycles. The van der Waals surface area contributed by atoms with E-state index >= 15 is 0 Å². The average molecular weight is 305 g/mol. The van der Waals surface area contributed by atoms with Crippen LogP contribution in [-0.2, 0) is 6.54 Å². The summed E-state index contributed by atoms with van der Waals surface area (Å²) in [5.41, 5.74) is 7.80. The molecular formula is C16H11ClF2N2. The van der Waals surface area contributed by atoms with Crippen LogP contribution in [-0.4, -0.2) is 4.98 Å². The molecule has 106 valence electrons. The Kier molecular flexibility index (Phi) is 3.57. The number of hydrogen-bond donors (Lipinski definition) is 1. The Bertz CT molecular complexity index is 814. The summed E-state index contributed by atoms with van der Waals surface area (Å²) in [5.74, 6) is -1.32. The van der Waals surface area contributed by atoms with Crippen molar-refractivity contribution in [2.75, 3.05) is 0 Å². The average Bonchev–Trinajstić information content (AvgIpc) is 2.45. The summed E-state index contributed by atoms with van der Waals surface area (Å²) in [6, 6.07) is 10.5. The fourth-order valence-corrected chi connectivity index (χ4v) is 2.53. The number of aromatic nitrogens is 1. The van der Waals surface area contributed by atoms with Crippen molar-refractivity contribution < 1.29 is 8.78 Å². The molecule has 0 aliphatic heterocycles. The highest BCUT2D eigenvalue weighted by molar-refractivity contribution is 6.35. The van der Waals surface area contributed by atoms with Gasteiger partial charge in [-0.05, 0) is 29.8 Å². The molecule has 0 atom stereocenters. The van der Waals surface area contributed by atoms with Gasteiger partial charge in [-0.15, -0.1) is 0 Å². The highest BCUT2D eigenvalue weighted by atomic mass is 35.5. The topological polar surface area (TPSA) is 38.9 Å². The molecule has 0 spiro atoms. The molecule has 3 aromatic rings. The minimum atomic E-state index is -0.658. The standard InChI is InChI=1S/C16H11ClF2N2/c17-14-3-1-2-9-4-11(8-20)15(21-16(9)14)10-5-12(18)7-13(19)6-10/h1-7H,8,20H2. The van der Waals surface area contributed by atoms with Crippen LogP contribution in [0.1, 0.15) is 5.56 Å². The lowest BCUT2D eigenvalue weighted by molar-refractivity contribution is 0.584. The molecule has 0 aliphatic rings. The van der Waals surface area contributed by atoms with Gasteiger partial charge in [-0.2, -0.15) is 0 Å². The molecule has 0 aliphatic carbocycles. The van der Waals surface area contributed by atoms with Crippen molar-refractivity contribution in [2.45, 2.75) is 6.54 Å². The van der Waals surface area contributed by atoms with Gasteiger partial charge in [0.05, 0.1) is 16.2 Å². The van der Waals surface area contributed by atoms with Crippen LogP contribution in [0.15, 0.2) is 42.5 Å². The highest BCUT2D eigenvalue weighted by Crippen LogP contribution is 2.29. The van der Waals surface area contributed by atoms with Gasteiger partial charge in [0, 0.05) is 23.6 Å². The number of rotatable bonds is 2. The molecule has 0 unspecified atom stereocenters. The first-order valence-electron chi connectivity index (χ1n) is 6.33. The molecule has 2 nitrogen and oxygen atoms in total. The van der Waals surface area contributed by atoms with Crippen LogP contribution in [0.25, 0.3) is 22.2 Å². The normalized spacial score (nSPS) is 11.0. The van der Waals surface area contributed by atoms with Crippen LogP contribution >= 0.6 is 11.6 Å². The van der Waals surface area contributed by atoms with Gasteiger partial charge in [0.1, 0.15) is 11.6 Å². The SMILES string of the molecule is NCc1cc2cccc(Cl)c2nc1-c1cc(F)cc(F)c1. The molecular weight excluding hydrogens is 294 g/mol. The van der Waals surface area contributed by atoms with E-state index in [1.165, 1.54) is 12.1 Å². The number of nitrogens with two attached hydrogens (primary N) is 1. The minimum Gasteiger partial charge on any atom is -0.326 e. The monoisotopic (exact) mass is 304 g/mol. The molecule has 1 aromatic heterocycles. The number of nitrogens with zero attached hydrogens (tertiary/aromatic N) is 1. The largest absolute Gasteiger partial charge is 0.326 e. The summed E-state index contributed by atoms with van der Waals surface area (Å²) in [5, 5.41) is 1.32. The van der Waals surface area contributed by atoms with Crippen molar-refractivity contribution in [3.63, 3.8) is 0 Å². The molecule has 0 amide bonds. The van der Waals surface area contributed by atoms with E-state index in [1.54, 1.807) is 6.07 Å². The zero-order chi connectivity index (χ0) is 15.0. The van der Waals surface area contributed by atoms with Crippen molar-refractivity contribution in [3.8, 4) is 11.3 Å². The van der Waals surface area contributed by atoms with E-state index in [0.717, 1.165) is 11.5 Å². The molecule has 0 bridgehead atoms. The Balaban J connectivity index is 2.32. The Morgan fingerprint density at radius 3 is 2.43 bits per heavy atom. The molecule has 3 rings (SSSR count). The summed E-state index contributed by atoms with van der Waals surface area (Å²) in [6.45, 7) is 0.211. The van der Waals surface area contributed by atoms with Gasteiger partial charge in [-0.3, -0.25) is 0 Å². The van der Waals surface area contributed by atoms with Crippen LogP contribution in [0, 0.1) is 11.6 Å². The van der Waals surface area contributed by atoms with Gasteiger partial charge in [-0.1, -0.05) is 23.7 Å². The summed E-state index contributed by atoms with van der Waals surface area (Å²) < 4.78 is 26.8. The first-order chi connectivity index (χ1) is 10.1. The van der Waals surface area contributed by atoms with Crippen LogP contribution in [0.3, 0.4) is 0 Å². The second kappa shape index (κ2) is 5.39. The number of halogens is 3. The van der Waals surface area contributed by atoms with Gasteiger partial charge >= 0.3 is 0 Å². The summed E-state index contributed by atoms with van der Waals surface area (Å²) in [7, 11) is 0. The zero-order valence-electron chi connectivity index (χ0n) is 10.9. The number of para-hydroxylation sites is 1. The lowest BCUT2D eigenvalue weighted by Crippen LogP contribution is -2.02. The third kappa shape index (κ3) is 2.60. The van der Waals surface area contributed by atoms with E-state index in [9.17, 15) is 8.78 Å². The van der Waals surface area contributed by atoms with E-state index in [-0.39, 0.29) is 6.54 Å². The van der Waals surface area contributed by atoms with Crippen LogP contribution in [0.5, 0.6) is 0 Å². The number of pyridine rings is 1. The van der Waals surface area contributed by atoms with Crippen molar-refractivity contribution in [1.29, 1.82) is 0 Å². The van der Waals surface area contributed by atoms with Crippen LogP contribution < -0.4 is 5.73 Å². The lowest BCUT2D eigenvalue weighted by atomic mass is 10.0. The van der Waals surface area contributed by atoms with E-state index < -0.39 is 11.6 Å². The summed E-state index contributed by atoms with van der Waals surface area (Å²) in [4.78, 5) is 4.45. The Morgan fingerprint density at radius 1 is 1.05 bits per heavy atom. The van der Waals surface area contributed by atoms with Crippen molar-refractivity contribution >= 4 is 22.5 Å². The Morgan fingerprint density at radius 2 is 1.76 bits per heavy atom. The summed E-state index contributed by atoms with van der Waals surface area (Å²) >= 11 is 6.13. The third-order valence-electron chi connectivity index (χ3n) is 3.23. The van der Waals surface area contributed by atoms with Gasteiger partial charge in [0.15, 0.2) is 0 Å². The van der Waals surface area contributed by atoms with Gasteiger partial charge < -0.3 is 5.73 Å². The Labute approximate surface area is 125 Å². The molecule has 2 aromatic carbocycles. The number of hydrogen-bond acceptors (Lipinski definition) is 2. The predicted molar refractivity (Wildman–Crippen MR) is 80.0 cm³/mol. The lowest BCUT2D eigenvalue weighted by Gasteiger charge is -2.10. The zero-order valence-corrected chi connectivity index (χ0v) is 11.7. The van der Waals surface area contributed by atoms with Gasteiger partial charge in [0.25, 0.3) is 0 Å². The quantitative estimate of drug-likeness (QED) is 0.767. The van der Waals surface area contributed by atoms with Gasteiger partial charge in [0.2, 0.25) is 0 Å². The van der Waals surface area contributed by atoms with E-state index in [1.807, 2.05) is 18.2 Å². The molecule has 21 heavy (non-hydrogen) atoms. The molecule has 0 saturated heterocycles. The second-order valence-electron chi connectivity index (χ2n) is 4.67. The fourth-order valence-electron chi connectivity index (χ4n) is 2.30. The van der Waals surface area contributed by atoms with E-state index in [2.05, 4.69) is 4.98 Å². The van der Waals surface area contributed by atoms with Crippen LogP contribution in [0.2, 0.25) is 5.02 Å². The highest BCUT2D eigenvalue weighted by Gasteiger charge is 2.12. The minimum absolute atomic E-state index is 0.211. The summed E-state index contributed by atoms with van der Waals surface area (Å²) in [6.07, 6.45) is 0. The fraction of sp³-hybridized carbons (Fsp3) is 0.0625. The third-order valence-corrected chi connectivity index (χ3v) is 3.54. The van der Waals surface area contributed by atoms with Crippen molar-refractivity contribution in [3.05, 3.63) is 64.7 Å². The van der Waals surface area contributed by atoms with E-state index in [0.29, 0.717) is 27.4 Å². The molecule has 0 fully saturated rings. The maximum Gasteiger partial charge on any atom is 0.126 e. The number of benzene rings is 2. The second-order valence-corrected chi connectivity index (χ2v) is 5.08. The van der Waals surface area contributed by atoms with Crippen LogP contribution in [0.4, 0.5) is 8.78 Å². The Hall–Kier alpha value is -2.04. The first-order valence-corrected chi connectivity index (χ1v) is 6.71. The molecule has 2 N–H and O–H groups in total. The predicted octanol–water partition coefficient (Wildman–Crippen LogP) is 4.29. The number of fused-ring (bicyclic) bond motifs is 1. The van der Waals surface area contributed by atoms with Gasteiger partial charge in [-0.25, -0.2) is 13.8 Å². The molecule has 5 heteroatoms. The molecule has 0 radical (unpaired) electrons. The van der Waals surface area contributed by atoms with E-state index in [4.69, 9.17) is 17.3 Å². The maximum absolute atomic E-state index is 13.4. The first kappa shape index (κ1) is 13.9. The maximum atomic E-state index is 13.4.